The molecule has 35 heavy (non-hydrogen) atoms. The number of hydrogen-bond acceptors (Lipinski definition) is 6. The first kappa shape index (κ1) is 24.5. The van der Waals surface area contributed by atoms with Gasteiger partial charge in [-0.05, 0) is 11.6 Å². The van der Waals surface area contributed by atoms with Gasteiger partial charge < -0.3 is 20.9 Å². The lowest BCUT2D eigenvalue weighted by Gasteiger charge is -2.45. The van der Waals surface area contributed by atoms with E-state index in [1.165, 1.54) is 21.1 Å². The molecule has 4 amide bonds. The van der Waals surface area contributed by atoms with E-state index in [0.29, 0.717) is 16.1 Å². The number of nitrogens with one attached hydrogen (secondary N) is 1. The van der Waals surface area contributed by atoms with Crippen LogP contribution in [0.2, 0.25) is 0 Å². The van der Waals surface area contributed by atoms with E-state index >= 15 is 0 Å². The zero-order valence-electron chi connectivity index (χ0n) is 19.5. The number of amides is 4. The fourth-order valence-corrected chi connectivity index (χ4v) is 4.98. The minimum absolute atomic E-state index is 0.0268. The number of fused-ring (bicyclic) bond motifs is 1. The molecule has 0 atom stereocenters. The van der Waals surface area contributed by atoms with Crippen LogP contribution in [0.1, 0.15) is 40.3 Å². The van der Waals surface area contributed by atoms with E-state index in [-0.39, 0.29) is 61.7 Å². The van der Waals surface area contributed by atoms with Gasteiger partial charge in [0.2, 0.25) is 11.8 Å². The van der Waals surface area contributed by atoms with Crippen LogP contribution in [0.4, 0.5) is 4.39 Å². The number of nitrogens with two attached hydrogens (primary N) is 1. The summed E-state index contributed by atoms with van der Waals surface area (Å²) in [5.41, 5.74) is 5.81. The second kappa shape index (κ2) is 9.21. The topological polar surface area (TPSA) is 126 Å². The van der Waals surface area contributed by atoms with Crippen LogP contribution in [0.15, 0.2) is 35.7 Å². The summed E-state index contributed by atoms with van der Waals surface area (Å²) in [5, 5.41) is 4.69. The molecule has 0 unspecified atom stereocenters. The molecule has 3 N–H and O–H groups in total. The Morgan fingerprint density at radius 1 is 1.29 bits per heavy atom. The summed E-state index contributed by atoms with van der Waals surface area (Å²) in [5.74, 6) is -1.73. The molecule has 9 nitrogen and oxygen atoms in total. The Morgan fingerprint density at radius 3 is 2.63 bits per heavy atom. The predicted molar refractivity (Wildman–Crippen MR) is 128 cm³/mol. The van der Waals surface area contributed by atoms with Crippen LogP contribution in [-0.4, -0.2) is 70.3 Å². The number of alkyl halides is 1. The van der Waals surface area contributed by atoms with E-state index in [2.05, 4.69) is 16.9 Å². The molecule has 2 aromatic rings. The second-order valence-electron chi connectivity index (χ2n) is 9.18. The van der Waals surface area contributed by atoms with Crippen molar-refractivity contribution >= 4 is 35.0 Å². The molecular weight excluding hydrogens is 473 g/mol. The number of aromatic nitrogens is 1. The number of rotatable bonds is 8. The molecule has 11 heteroatoms. The van der Waals surface area contributed by atoms with Gasteiger partial charge in [0.15, 0.2) is 5.67 Å². The fourth-order valence-electron chi connectivity index (χ4n) is 4.13. The number of thiazole rings is 1. The molecule has 0 spiro atoms. The predicted octanol–water partition coefficient (Wildman–Crippen LogP) is 1.74. The zero-order chi connectivity index (χ0) is 25.5. The number of nitrogens with zero attached hydrogens (tertiary/aromatic N) is 3. The Bertz CT molecular complexity index is 1230. The number of likely N-dealkylation sites (tertiary alicyclic amines) is 1. The summed E-state index contributed by atoms with van der Waals surface area (Å²) in [4.78, 5) is 55.9. The van der Waals surface area contributed by atoms with Crippen molar-refractivity contribution in [3.05, 3.63) is 52.6 Å². The molecule has 0 radical (unpaired) electrons. The average Bonchev–Trinajstić information content (AvgIpc) is 3.40. The minimum Gasteiger partial charge on any atom is -0.366 e. The summed E-state index contributed by atoms with van der Waals surface area (Å²) in [6, 6.07) is 5.24. The van der Waals surface area contributed by atoms with E-state index in [9.17, 15) is 23.6 Å². The van der Waals surface area contributed by atoms with Crippen molar-refractivity contribution in [2.24, 2.45) is 11.7 Å². The summed E-state index contributed by atoms with van der Waals surface area (Å²) < 4.78 is 14.8. The van der Waals surface area contributed by atoms with Crippen LogP contribution in [0, 0.1) is 5.92 Å². The lowest BCUT2D eigenvalue weighted by molar-refractivity contribution is -0.148. The van der Waals surface area contributed by atoms with Crippen molar-refractivity contribution in [1.82, 2.24) is 20.1 Å². The Kier molecular flexibility index (Phi) is 6.46. The maximum absolute atomic E-state index is 14.8. The third kappa shape index (κ3) is 4.81. The summed E-state index contributed by atoms with van der Waals surface area (Å²) >= 11 is 1.24. The highest BCUT2D eigenvalue weighted by molar-refractivity contribution is 7.13. The van der Waals surface area contributed by atoms with Crippen molar-refractivity contribution in [3.8, 4) is 10.6 Å². The molecule has 0 bridgehead atoms. The normalized spacial score (nSPS) is 16.2. The van der Waals surface area contributed by atoms with Crippen molar-refractivity contribution in [3.63, 3.8) is 0 Å². The van der Waals surface area contributed by atoms with E-state index in [4.69, 9.17) is 5.73 Å². The quantitative estimate of drug-likeness (QED) is 0.535. The lowest BCUT2D eigenvalue weighted by Crippen LogP contribution is -2.65. The minimum atomic E-state index is -1.65. The monoisotopic (exact) mass is 499 g/mol. The molecule has 0 saturated carbocycles. The first-order valence-electron chi connectivity index (χ1n) is 11.1. The van der Waals surface area contributed by atoms with Gasteiger partial charge in [-0.1, -0.05) is 32.6 Å². The number of benzene rings is 1. The van der Waals surface area contributed by atoms with Crippen molar-refractivity contribution in [2.45, 2.75) is 26.1 Å². The number of carbonyl (C=O) groups is 4. The molecule has 4 rings (SSSR count). The van der Waals surface area contributed by atoms with E-state index in [1.54, 1.807) is 31.4 Å². The van der Waals surface area contributed by atoms with E-state index in [1.807, 2.05) is 6.07 Å². The Balaban J connectivity index is 1.42. The van der Waals surface area contributed by atoms with Crippen molar-refractivity contribution in [2.75, 3.05) is 26.2 Å². The highest BCUT2D eigenvalue weighted by Crippen LogP contribution is 2.34. The molecule has 3 heterocycles. The van der Waals surface area contributed by atoms with E-state index < -0.39 is 17.5 Å². The van der Waals surface area contributed by atoms with Crippen LogP contribution < -0.4 is 11.1 Å². The van der Waals surface area contributed by atoms with Crippen molar-refractivity contribution in [1.29, 1.82) is 0 Å². The van der Waals surface area contributed by atoms with Gasteiger partial charge in [-0.2, -0.15) is 0 Å². The Hall–Kier alpha value is -3.60. The van der Waals surface area contributed by atoms with Crippen LogP contribution >= 0.6 is 11.3 Å². The van der Waals surface area contributed by atoms with Crippen LogP contribution in [-0.2, 0) is 16.1 Å². The molecule has 2 aliphatic rings. The molecule has 1 fully saturated rings. The first-order valence-corrected chi connectivity index (χ1v) is 12.0. The van der Waals surface area contributed by atoms with Gasteiger partial charge >= 0.3 is 0 Å². The lowest BCUT2D eigenvalue weighted by atomic mass is 9.94. The number of carbonyl (C=O) groups excluding carboxylic acids is 4. The summed E-state index contributed by atoms with van der Waals surface area (Å²) in [7, 11) is 0. The van der Waals surface area contributed by atoms with Crippen molar-refractivity contribution < 1.29 is 23.6 Å². The van der Waals surface area contributed by atoms with Crippen LogP contribution in [0.5, 0.6) is 0 Å². The van der Waals surface area contributed by atoms with Crippen LogP contribution in [0.3, 0.4) is 0 Å². The third-order valence-electron chi connectivity index (χ3n) is 6.06. The SMILES string of the molecule is C=C(CN1Cc2c(cccc2-c2nc(C(=O)NCC3(F)CN(C(=O)C(C)C)C3)cs2)C1=O)C(N)=O. The largest absolute Gasteiger partial charge is 0.366 e. The van der Waals surface area contributed by atoms with Gasteiger partial charge in [-0.15, -0.1) is 11.3 Å². The molecule has 1 aromatic carbocycles. The summed E-state index contributed by atoms with van der Waals surface area (Å²) in [6.07, 6.45) is 0. The van der Waals surface area contributed by atoms with Gasteiger partial charge in [0, 0.05) is 34.5 Å². The fraction of sp³-hybridized carbons (Fsp3) is 0.375. The molecule has 1 aromatic heterocycles. The molecule has 2 aliphatic heterocycles. The first-order chi connectivity index (χ1) is 16.5. The van der Waals surface area contributed by atoms with Gasteiger partial charge in [-0.3, -0.25) is 19.2 Å². The molecule has 0 aliphatic carbocycles. The number of hydrogen-bond donors (Lipinski definition) is 2. The smallest absolute Gasteiger partial charge is 0.270 e. The number of halogens is 1. The molecule has 1 saturated heterocycles. The standard InChI is InChI=1S/C24H26FN5O4S/c1-13(2)22(33)30-11-24(25,12-30)10-27-20(32)18-9-35-21(28-18)15-5-4-6-16-17(15)8-29(23(16)34)7-14(3)19(26)31/h4-6,9,13H,3,7-8,10-12H2,1-2H3,(H2,26,31)(H,27,32). The number of primary amides is 1. The Labute approximate surface area is 205 Å². The van der Waals surface area contributed by atoms with Crippen LogP contribution in [0.25, 0.3) is 10.6 Å². The Morgan fingerprint density at radius 2 is 1.97 bits per heavy atom. The zero-order valence-corrected chi connectivity index (χ0v) is 20.3. The molecule has 184 valence electrons. The van der Waals surface area contributed by atoms with Gasteiger partial charge in [0.1, 0.15) is 10.7 Å². The summed E-state index contributed by atoms with van der Waals surface area (Å²) in [6.45, 7) is 7.11. The maximum atomic E-state index is 14.8. The molecular formula is C24H26FN5O4S. The van der Waals surface area contributed by atoms with E-state index in [0.717, 1.165) is 5.56 Å². The van der Waals surface area contributed by atoms with Gasteiger partial charge in [0.25, 0.3) is 11.8 Å². The average molecular weight is 500 g/mol. The third-order valence-corrected chi connectivity index (χ3v) is 6.94. The maximum Gasteiger partial charge on any atom is 0.270 e. The second-order valence-corrected chi connectivity index (χ2v) is 10.0. The highest BCUT2D eigenvalue weighted by atomic mass is 32.1. The highest BCUT2D eigenvalue weighted by Gasteiger charge is 2.46. The van der Waals surface area contributed by atoms with Gasteiger partial charge in [-0.25, -0.2) is 9.37 Å². The van der Waals surface area contributed by atoms with Gasteiger partial charge in [0.05, 0.1) is 26.2 Å².